The zero-order valence-electron chi connectivity index (χ0n) is 23.6. The molecule has 0 aliphatic carbocycles. The average molecular weight is 589 g/mol. The Labute approximate surface area is 246 Å². The van der Waals surface area contributed by atoms with E-state index >= 15 is 0 Å². The first-order valence-corrected chi connectivity index (χ1v) is 13.6. The van der Waals surface area contributed by atoms with E-state index in [1.807, 2.05) is 62.4 Å². The van der Waals surface area contributed by atoms with Crippen LogP contribution in [0, 0.1) is 0 Å². The number of hydrogen-bond acceptors (Lipinski definition) is 11. The summed E-state index contributed by atoms with van der Waals surface area (Å²) in [6.45, 7) is 4.95. The van der Waals surface area contributed by atoms with Gasteiger partial charge in [0.15, 0.2) is 5.75 Å². The summed E-state index contributed by atoms with van der Waals surface area (Å²) in [5, 5.41) is 28.0. The number of fused-ring (bicyclic) bond motifs is 4. The lowest BCUT2D eigenvalue weighted by Gasteiger charge is -2.19. The number of rotatable bonds is 11. The second kappa shape index (κ2) is 12.1. The topological polar surface area (TPSA) is 174 Å². The maximum atomic E-state index is 12.5. The molecule has 224 valence electrons. The summed E-state index contributed by atoms with van der Waals surface area (Å²) < 4.78 is 11.0. The summed E-state index contributed by atoms with van der Waals surface area (Å²) in [5.74, 6) is -2.85. The predicted molar refractivity (Wildman–Crippen MR) is 159 cm³/mol. The van der Waals surface area contributed by atoms with Gasteiger partial charge in [0.25, 0.3) is 0 Å². The van der Waals surface area contributed by atoms with E-state index in [0.717, 1.165) is 22.7 Å². The van der Waals surface area contributed by atoms with Gasteiger partial charge in [0, 0.05) is 28.8 Å². The van der Waals surface area contributed by atoms with E-state index in [2.05, 4.69) is 10.6 Å². The monoisotopic (exact) mass is 588 g/mol. The number of nitrogens with one attached hydrogen (secondary N) is 2. The number of aliphatic hydroxyl groups is 1. The fraction of sp³-hybridized carbons (Fsp3) is 0.258. The standard InChI is InChI=1S/C31H32N4O8/c1-31(2,32)17-41-21-9-7-20(8-10-21)34-19-5-3-18(4-6-19)13-14-33-16-25(37)22-11-12-24(36)27-23(22)15-26-28(38)35(27)43-30(40)29(39)42-26/h3-12,15,25,33-34,36-37H,13-14,16-17,32H2,1-2H3/t25-/m0/s1. The summed E-state index contributed by atoms with van der Waals surface area (Å²) >= 11 is 0. The molecule has 1 aromatic heterocycles. The number of esters is 1. The van der Waals surface area contributed by atoms with E-state index in [0.29, 0.717) is 29.9 Å². The zero-order valence-corrected chi connectivity index (χ0v) is 23.6. The first-order chi connectivity index (χ1) is 20.5. The lowest BCUT2D eigenvalue weighted by molar-refractivity contribution is -0.160. The second-order valence-corrected chi connectivity index (χ2v) is 10.9. The van der Waals surface area contributed by atoms with Crippen LogP contribution in [0.2, 0.25) is 0 Å². The summed E-state index contributed by atoms with van der Waals surface area (Å²) in [6, 6.07) is 19.6. The fourth-order valence-corrected chi connectivity index (χ4v) is 4.49. The molecule has 1 aliphatic rings. The van der Waals surface area contributed by atoms with Crippen LogP contribution in [0.1, 0.15) is 31.1 Å². The Morgan fingerprint density at radius 3 is 2.33 bits per heavy atom. The van der Waals surface area contributed by atoms with Crippen LogP contribution in [0.25, 0.3) is 10.9 Å². The molecular weight excluding hydrogens is 556 g/mol. The van der Waals surface area contributed by atoms with Crippen molar-refractivity contribution >= 4 is 34.2 Å². The van der Waals surface area contributed by atoms with Crippen LogP contribution in [-0.4, -0.2) is 52.1 Å². The van der Waals surface area contributed by atoms with Crippen LogP contribution in [-0.2, 0) is 16.0 Å². The number of nitrogens with zero attached hydrogens (tertiary/aromatic N) is 1. The van der Waals surface area contributed by atoms with Crippen LogP contribution in [0.5, 0.6) is 17.2 Å². The van der Waals surface area contributed by atoms with Crippen molar-refractivity contribution in [1.29, 1.82) is 0 Å². The van der Waals surface area contributed by atoms with Crippen molar-refractivity contribution in [2.75, 3.05) is 25.0 Å². The molecule has 12 heteroatoms. The minimum atomic E-state index is -1.41. The molecule has 1 aliphatic heterocycles. The number of nitrogens with two attached hydrogens (primary N) is 1. The Bertz CT molecular complexity index is 1710. The third kappa shape index (κ3) is 6.95. The first kappa shape index (κ1) is 29.6. The van der Waals surface area contributed by atoms with Gasteiger partial charge in [-0.3, -0.25) is 4.79 Å². The van der Waals surface area contributed by atoms with Crippen molar-refractivity contribution < 1.29 is 34.1 Å². The first-order valence-electron chi connectivity index (χ1n) is 13.6. The quantitative estimate of drug-likeness (QED) is 0.0988. The minimum absolute atomic E-state index is 0.149. The van der Waals surface area contributed by atoms with E-state index in [4.69, 9.17) is 20.0 Å². The number of aromatic nitrogens is 1. The van der Waals surface area contributed by atoms with E-state index in [1.54, 1.807) is 0 Å². The molecule has 43 heavy (non-hydrogen) atoms. The molecule has 2 heterocycles. The molecule has 0 radical (unpaired) electrons. The molecular formula is C31H32N4O8. The minimum Gasteiger partial charge on any atom is -0.506 e. The van der Waals surface area contributed by atoms with Crippen molar-refractivity contribution in [3.05, 3.63) is 88.2 Å². The molecule has 0 unspecified atom stereocenters. The third-order valence-corrected chi connectivity index (χ3v) is 6.64. The largest absolute Gasteiger partial charge is 0.506 e. The Morgan fingerprint density at radius 1 is 0.977 bits per heavy atom. The van der Waals surface area contributed by atoms with Gasteiger partial charge in [0.2, 0.25) is 0 Å². The number of ether oxygens (including phenoxy) is 2. The number of carbonyl (C=O) groups excluding carboxylic acids is 2. The molecule has 2 bridgehead atoms. The van der Waals surface area contributed by atoms with Gasteiger partial charge in [-0.1, -0.05) is 18.2 Å². The maximum Gasteiger partial charge on any atom is 0.442 e. The van der Waals surface area contributed by atoms with Crippen molar-refractivity contribution in [3.63, 3.8) is 0 Å². The molecule has 0 saturated heterocycles. The van der Waals surface area contributed by atoms with Gasteiger partial charge < -0.3 is 40.9 Å². The molecule has 5 rings (SSSR count). The van der Waals surface area contributed by atoms with Crippen LogP contribution in [0.3, 0.4) is 0 Å². The summed E-state index contributed by atoms with van der Waals surface area (Å²) in [6.07, 6.45) is -0.359. The van der Waals surface area contributed by atoms with Crippen LogP contribution >= 0.6 is 0 Å². The molecule has 3 aromatic carbocycles. The molecule has 0 saturated carbocycles. The Hall–Kier alpha value is -4.91. The summed E-state index contributed by atoms with van der Waals surface area (Å²) in [5.41, 5.74) is 7.75. The number of benzene rings is 3. The highest BCUT2D eigenvalue weighted by atomic mass is 16.7. The van der Waals surface area contributed by atoms with Gasteiger partial charge in [-0.15, -0.1) is 4.73 Å². The predicted octanol–water partition coefficient (Wildman–Crippen LogP) is 2.31. The molecule has 1 atom stereocenters. The van der Waals surface area contributed by atoms with Crippen molar-refractivity contribution in [1.82, 2.24) is 10.0 Å². The van der Waals surface area contributed by atoms with E-state index < -0.39 is 34.9 Å². The second-order valence-electron chi connectivity index (χ2n) is 10.9. The highest BCUT2D eigenvalue weighted by Crippen LogP contribution is 2.32. The number of hydrogen-bond donors (Lipinski definition) is 5. The third-order valence-electron chi connectivity index (χ3n) is 6.64. The Kier molecular flexibility index (Phi) is 8.35. The van der Waals surface area contributed by atoms with Crippen LogP contribution in [0.4, 0.5) is 11.4 Å². The number of anilines is 2. The van der Waals surface area contributed by atoms with Gasteiger partial charge in [-0.25, -0.2) is 9.59 Å². The van der Waals surface area contributed by atoms with Crippen molar-refractivity contribution in [3.8, 4) is 17.2 Å². The zero-order chi connectivity index (χ0) is 30.7. The Balaban J connectivity index is 1.16. The molecule has 12 nitrogen and oxygen atoms in total. The van der Waals surface area contributed by atoms with Gasteiger partial charge >= 0.3 is 17.5 Å². The van der Waals surface area contributed by atoms with Gasteiger partial charge in [0.1, 0.15) is 23.6 Å². The lowest BCUT2D eigenvalue weighted by atomic mass is 10.0. The molecule has 0 amide bonds. The smallest absolute Gasteiger partial charge is 0.442 e. The number of aliphatic hydroxyl groups excluding tert-OH is 1. The van der Waals surface area contributed by atoms with Crippen molar-refractivity contribution in [2.45, 2.75) is 31.9 Å². The SMILES string of the molecule is CC(C)(N)COc1ccc(Nc2ccc(CCNC[C@H](O)c3ccc(O)c4c3cc3c(=O)n4OC(=O)C(=O)O3)cc2)cc1. The van der Waals surface area contributed by atoms with E-state index in [1.165, 1.54) is 18.2 Å². The number of phenols is 1. The van der Waals surface area contributed by atoms with E-state index in [-0.39, 0.29) is 23.2 Å². The highest BCUT2D eigenvalue weighted by molar-refractivity contribution is 6.30. The van der Waals surface area contributed by atoms with Crippen LogP contribution in [0.15, 0.2) is 71.5 Å². The normalized spacial score (nSPS) is 13.7. The number of pyridine rings is 1. The molecule has 6 N–H and O–H groups in total. The number of phenolic OH excluding ortho intramolecular Hbond substituents is 1. The van der Waals surface area contributed by atoms with E-state index in [9.17, 15) is 24.6 Å². The Morgan fingerprint density at radius 2 is 1.65 bits per heavy atom. The van der Waals surface area contributed by atoms with Crippen LogP contribution < -0.4 is 36.2 Å². The number of aromatic hydroxyl groups is 1. The molecule has 0 fully saturated rings. The van der Waals surface area contributed by atoms with Crippen molar-refractivity contribution in [2.24, 2.45) is 5.73 Å². The average Bonchev–Trinajstić information content (AvgIpc) is 3.02. The molecule has 4 aromatic rings. The highest BCUT2D eigenvalue weighted by Gasteiger charge is 2.30. The summed E-state index contributed by atoms with van der Waals surface area (Å²) in [7, 11) is 0. The fourth-order valence-electron chi connectivity index (χ4n) is 4.49. The summed E-state index contributed by atoms with van der Waals surface area (Å²) in [4.78, 5) is 40.9. The maximum absolute atomic E-state index is 12.5. The van der Waals surface area contributed by atoms with Gasteiger partial charge in [-0.2, -0.15) is 0 Å². The van der Waals surface area contributed by atoms with Gasteiger partial charge in [-0.05, 0) is 86.5 Å². The van der Waals surface area contributed by atoms with Gasteiger partial charge in [0.05, 0.1) is 6.10 Å². The molecule has 0 spiro atoms. The number of carbonyl (C=O) groups is 2. The lowest BCUT2D eigenvalue weighted by Crippen LogP contribution is -2.38.